The third-order valence-electron chi connectivity index (χ3n) is 5.23. The Hall–Kier alpha value is -5.84. The molecule has 0 atom stereocenters. The van der Waals surface area contributed by atoms with Crippen molar-refractivity contribution in [1.82, 2.24) is 5.43 Å². The molecule has 11 heteroatoms. The molecular weight excluding hydrogens is 518 g/mol. The van der Waals surface area contributed by atoms with Gasteiger partial charge in [0.2, 0.25) is 0 Å². The van der Waals surface area contributed by atoms with E-state index in [-0.39, 0.29) is 22.9 Å². The number of benzene rings is 4. The van der Waals surface area contributed by atoms with Gasteiger partial charge in [0.05, 0.1) is 22.3 Å². The molecular formula is C29H21N3O8. The zero-order valence-corrected chi connectivity index (χ0v) is 20.8. The molecule has 0 bridgehead atoms. The lowest BCUT2D eigenvalue weighted by Gasteiger charge is -2.10. The second-order valence-electron chi connectivity index (χ2n) is 8.04. The zero-order chi connectivity index (χ0) is 28.3. The van der Waals surface area contributed by atoms with E-state index in [2.05, 4.69) is 10.5 Å². The average Bonchev–Trinajstić information content (AvgIpc) is 2.98. The molecule has 0 saturated carbocycles. The van der Waals surface area contributed by atoms with Gasteiger partial charge in [-0.3, -0.25) is 14.9 Å². The minimum Gasteiger partial charge on any atom is -0.484 e. The van der Waals surface area contributed by atoms with Gasteiger partial charge >= 0.3 is 11.9 Å². The van der Waals surface area contributed by atoms with Crippen LogP contribution in [0.2, 0.25) is 0 Å². The summed E-state index contributed by atoms with van der Waals surface area (Å²) in [5.41, 5.74) is 3.13. The summed E-state index contributed by atoms with van der Waals surface area (Å²) in [7, 11) is 0. The molecule has 1 amide bonds. The molecule has 0 radical (unpaired) electrons. The first-order chi connectivity index (χ1) is 19.4. The smallest absolute Gasteiger partial charge is 0.343 e. The molecule has 4 aromatic rings. The predicted octanol–water partition coefficient (Wildman–Crippen LogP) is 4.56. The van der Waals surface area contributed by atoms with Crippen LogP contribution in [0.5, 0.6) is 17.2 Å². The van der Waals surface area contributed by atoms with Gasteiger partial charge in [0.15, 0.2) is 6.61 Å². The molecule has 0 aliphatic rings. The quantitative estimate of drug-likeness (QED) is 0.101. The summed E-state index contributed by atoms with van der Waals surface area (Å²) in [4.78, 5) is 47.5. The number of carbonyl (C=O) groups excluding carboxylic acids is 3. The van der Waals surface area contributed by atoms with Gasteiger partial charge < -0.3 is 14.2 Å². The van der Waals surface area contributed by atoms with E-state index in [0.29, 0.717) is 16.7 Å². The number of nitrogens with one attached hydrogen (secondary N) is 1. The predicted molar refractivity (Wildman–Crippen MR) is 144 cm³/mol. The molecule has 0 unspecified atom stereocenters. The number of non-ortho nitro benzene ring substituents is 1. The lowest BCUT2D eigenvalue weighted by atomic mass is 10.2. The van der Waals surface area contributed by atoms with Crippen LogP contribution in [0.3, 0.4) is 0 Å². The maximum absolute atomic E-state index is 12.7. The highest BCUT2D eigenvalue weighted by Crippen LogP contribution is 2.26. The van der Waals surface area contributed by atoms with Gasteiger partial charge in [-0.1, -0.05) is 36.4 Å². The van der Waals surface area contributed by atoms with Crippen molar-refractivity contribution in [2.24, 2.45) is 5.10 Å². The molecule has 0 aromatic heterocycles. The molecule has 0 heterocycles. The summed E-state index contributed by atoms with van der Waals surface area (Å²) >= 11 is 0. The Bertz CT molecular complexity index is 1540. The Balaban J connectivity index is 1.44. The highest BCUT2D eigenvalue weighted by Gasteiger charge is 2.15. The van der Waals surface area contributed by atoms with Crippen LogP contribution in [-0.2, 0) is 4.79 Å². The summed E-state index contributed by atoms with van der Waals surface area (Å²) in [5.74, 6) is -1.42. The van der Waals surface area contributed by atoms with E-state index in [1.165, 1.54) is 48.7 Å². The molecule has 1 N–H and O–H groups in total. The number of hydrazone groups is 1. The second kappa shape index (κ2) is 13.1. The van der Waals surface area contributed by atoms with Crippen molar-refractivity contribution >= 4 is 29.7 Å². The van der Waals surface area contributed by atoms with E-state index in [1.807, 2.05) is 0 Å². The summed E-state index contributed by atoms with van der Waals surface area (Å²) in [5, 5.41) is 14.6. The molecule has 0 fully saturated rings. The van der Waals surface area contributed by atoms with Crippen molar-refractivity contribution in [2.45, 2.75) is 0 Å². The van der Waals surface area contributed by atoms with E-state index in [1.54, 1.807) is 60.7 Å². The third-order valence-corrected chi connectivity index (χ3v) is 5.23. The van der Waals surface area contributed by atoms with Crippen molar-refractivity contribution in [3.8, 4) is 17.2 Å². The van der Waals surface area contributed by atoms with E-state index in [9.17, 15) is 24.5 Å². The number of hydrogen-bond donors (Lipinski definition) is 1. The van der Waals surface area contributed by atoms with Gasteiger partial charge in [0.25, 0.3) is 11.6 Å². The minimum atomic E-state index is -0.651. The monoisotopic (exact) mass is 539 g/mol. The Morgan fingerprint density at radius 3 is 1.95 bits per heavy atom. The number of amides is 1. The summed E-state index contributed by atoms with van der Waals surface area (Å²) in [6.07, 6.45) is 1.25. The number of nitrogens with zero attached hydrogens (tertiary/aromatic N) is 2. The topological polar surface area (TPSA) is 146 Å². The highest BCUT2D eigenvalue weighted by molar-refractivity contribution is 5.94. The molecule has 11 nitrogen and oxygen atoms in total. The Morgan fingerprint density at radius 2 is 1.35 bits per heavy atom. The number of ether oxygens (including phenoxy) is 3. The maximum atomic E-state index is 12.7. The number of esters is 2. The number of carbonyl (C=O) groups is 3. The Kier molecular flexibility index (Phi) is 8.91. The number of rotatable bonds is 10. The minimum absolute atomic E-state index is 0.0346. The lowest BCUT2D eigenvalue weighted by Crippen LogP contribution is -2.24. The SMILES string of the molecule is O=C(COc1ccc([N+](=O)[O-])cc1)NN=Cc1ccc(OC(=O)c2ccccc2)cc1OC(=O)c1ccccc1. The van der Waals surface area contributed by atoms with Gasteiger partial charge in [-0.05, 0) is 48.5 Å². The first-order valence-corrected chi connectivity index (χ1v) is 11.8. The van der Waals surface area contributed by atoms with Crippen LogP contribution >= 0.6 is 0 Å². The summed E-state index contributed by atoms with van der Waals surface area (Å²) in [6.45, 7) is -0.403. The fourth-order valence-corrected chi connectivity index (χ4v) is 3.27. The lowest BCUT2D eigenvalue weighted by molar-refractivity contribution is -0.384. The van der Waals surface area contributed by atoms with Gasteiger partial charge in [0, 0.05) is 23.8 Å². The maximum Gasteiger partial charge on any atom is 0.343 e. The molecule has 0 spiro atoms. The van der Waals surface area contributed by atoms with E-state index >= 15 is 0 Å². The summed E-state index contributed by atoms with van der Waals surface area (Å²) in [6, 6.07) is 26.3. The highest BCUT2D eigenvalue weighted by atomic mass is 16.6. The van der Waals surface area contributed by atoms with Crippen LogP contribution in [0.4, 0.5) is 5.69 Å². The first kappa shape index (κ1) is 27.2. The molecule has 0 aliphatic carbocycles. The van der Waals surface area contributed by atoms with Crippen LogP contribution in [0, 0.1) is 10.1 Å². The van der Waals surface area contributed by atoms with Crippen LogP contribution in [0.15, 0.2) is 108 Å². The van der Waals surface area contributed by atoms with Gasteiger partial charge in [-0.2, -0.15) is 5.10 Å². The van der Waals surface area contributed by atoms with Crippen LogP contribution in [0.25, 0.3) is 0 Å². The molecule has 0 aliphatic heterocycles. The van der Waals surface area contributed by atoms with Crippen LogP contribution < -0.4 is 19.6 Å². The standard InChI is InChI=1S/C29H21N3O8/c33-27(19-38-24-15-12-23(13-16-24)32(36)37)31-30-18-22-11-14-25(39-28(34)20-7-3-1-4-8-20)17-26(22)40-29(35)21-9-5-2-6-10-21/h1-18H,19H2,(H,31,33). The number of hydrogen-bond acceptors (Lipinski definition) is 9. The van der Waals surface area contributed by atoms with Crippen molar-refractivity contribution in [2.75, 3.05) is 6.61 Å². The third kappa shape index (κ3) is 7.59. The van der Waals surface area contributed by atoms with Crippen molar-refractivity contribution < 1.29 is 33.5 Å². The Morgan fingerprint density at radius 1 is 0.775 bits per heavy atom. The van der Waals surface area contributed by atoms with Crippen LogP contribution in [-0.4, -0.2) is 35.6 Å². The largest absolute Gasteiger partial charge is 0.484 e. The van der Waals surface area contributed by atoms with Crippen molar-refractivity contribution in [1.29, 1.82) is 0 Å². The molecule has 0 saturated heterocycles. The average molecular weight is 540 g/mol. The zero-order valence-electron chi connectivity index (χ0n) is 20.8. The second-order valence-corrected chi connectivity index (χ2v) is 8.04. The Labute approximate surface area is 227 Å². The fourth-order valence-electron chi connectivity index (χ4n) is 3.27. The van der Waals surface area contributed by atoms with E-state index in [4.69, 9.17) is 14.2 Å². The van der Waals surface area contributed by atoms with Crippen LogP contribution in [0.1, 0.15) is 26.3 Å². The normalized spacial score (nSPS) is 10.5. The molecule has 4 aromatic carbocycles. The first-order valence-electron chi connectivity index (χ1n) is 11.8. The molecule has 200 valence electrons. The van der Waals surface area contributed by atoms with E-state index < -0.39 is 29.4 Å². The van der Waals surface area contributed by atoms with E-state index in [0.717, 1.165) is 0 Å². The molecule has 40 heavy (non-hydrogen) atoms. The van der Waals surface area contributed by atoms with Gasteiger partial charge in [0.1, 0.15) is 17.2 Å². The fraction of sp³-hybridized carbons (Fsp3) is 0.0345. The number of nitro groups is 1. The van der Waals surface area contributed by atoms with Crippen molar-refractivity contribution in [3.63, 3.8) is 0 Å². The van der Waals surface area contributed by atoms with Crippen molar-refractivity contribution in [3.05, 3.63) is 130 Å². The van der Waals surface area contributed by atoms with Gasteiger partial charge in [-0.25, -0.2) is 15.0 Å². The molecule has 4 rings (SSSR count). The number of nitro benzene ring substituents is 1. The van der Waals surface area contributed by atoms with Gasteiger partial charge in [-0.15, -0.1) is 0 Å². The summed E-state index contributed by atoms with van der Waals surface area (Å²) < 4.78 is 16.3.